The summed E-state index contributed by atoms with van der Waals surface area (Å²) < 4.78 is 5.36. The Bertz CT molecular complexity index is 486. The maximum atomic E-state index is 12.3. The van der Waals surface area contributed by atoms with E-state index >= 15 is 0 Å². The van der Waals surface area contributed by atoms with Crippen LogP contribution in [0.4, 0.5) is 0 Å². The van der Waals surface area contributed by atoms with Gasteiger partial charge in [0.05, 0.1) is 17.7 Å². The van der Waals surface area contributed by atoms with Crippen LogP contribution in [0, 0.1) is 0 Å². The van der Waals surface area contributed by atoms with E-state index in [0.717, 1.165) is 31.2 Å². The number of nitrogens with two attached hydrogens (primary N) is 1. The fourth-order valence-electron chi connectivity index (χ4n) is 2.78. The van der Waals surface area contributed by atoms with Crippen molar-refractivity contribution in [1.29, 1.82) is 0 Å². The second kappa shape index (κ2) is 6.40. The molecule has 104 valence electrons. The first-order valence-corrected chi connectivity index (χ1v) is 7.18. The molecule has 19 heavy (non-hydrogen) atoms. The van der Waals surface area contributed by atoms with Crippen molar-refractivity contribution in [3.05, 3.63) is 27.8 Å². The molecular formula is C15H20ClNO2. The van der Waals surface area contributed by atoms with Gasteiger partial charge in [-0.3, -0.25) is 4.79 Å². The van der Waals surface area contributed by atoms with Gasteiger partial charge in [-0.25, -0.2) is 0 Å². The van der Waals surface area contributed by atoms with Crippen molar-refractivity contribution < 1.29 is 9.53 Å². The Morgan fingerprint density at radius 2 is 2.11 bits per heavy atom. The molecule has 1 aromatic carbocycles. The molecule has 0 atom stereocenters. The molecule has 0 saturated heterocycles. The molecule has 0 aromatic heterocycles. The van der Waals surface area contributed by atoms with Crippen LogP contribution in [0.1, 0.15) is 47.2 Å². The Morgan fingerprint density at radius 1 is 1.37 bits per heavy atom. The van der Waals surface area contributed by atoms with Gasteiger partial charge in [-0.15, -0.1) is 0 Å². The number of carbonyl (C=O) groups is 1. The molecule has 0 saturated carbocycles. The number of halogens is 1. The van der Waals surface area contributed by atoms with E-state index in [4.69, 9.17) is 22.1 Å². The number of carbonyl (C=O) groups excluding carboxylic acids is 1. The highest BCUT2D eigenvalue weighted by molar-refractivity contribution is 6.33. The third kappa shape index (κ3) is 2.93. The summed E-state index contributed by atoms with van der Waals surface area (Å²) in [5.41, 5.74) is 8.49. The lowest BCUT2D eigenvalue weighted by Gasteiger charge is -2.17. The molecule has 0 spiro atoms. The molecule has 1 aliphatic rings. The summed E-state index contributed by atoms with van der Waals surface area (Å²) >= 11 is 6.26. The predicted molar refractivity (Wildman–Crippen MR) is 77.3 cm³/mol. The summed E-state index contributed by atoms with van der Waals surface area (Å²) in [4.78, 5) is 12.3. The molecular weight excluding hydrogens is 262 g/mol. The van der Waals surface area contributed by atoms with Gasteiger partial charge < -0.3 is 10.5 Å². The highest BCUT2D eigenvalue weighted by Crippen LogP contribution is 2.37. The molecule has 0 radical (unpaired) electrons. The van der Waals surface area contributed by atoms with E-state index in [1.807, 2.05) is 6.07 Å². The zero-order valence-electron chi connectivity index (χ0n) is 11.3. The Kier molecular flexibility index (Phi) is 4.83. The van der Waals surface area contributed by atoms with E-state index in [1.54, 1.807) is 7.11 Å². The van der Waals surface area contributed by atoms with Gasteiger partial charge in [-0.05, 0) is 49.4 Å². The standard InChI is InChI=1S/C15H20ClNO2/c1-19-15-12(16)9-10-5-3-2-4-6-11(10)14(15)13(18)7-8-17/h9H,2-8,17H2,1H3. The van der Waals surface area contributed by atoms with Crippen LogP contribution in [0.25, 0.3) is 0 Å². The zero-order chi connectivity index (χ0) is 13.8. The van der Waals surface area contributed by atoms with Crippen molar-refractivity contribution in [3.8, 4) is 5.75 Å². The number of Topliss-reactive ketones (excluding diaryl/α,β-unsaturated/α-hetero) is 1. The first-order chi connectivity index (χ1) is 9.19. The maximum Gasteiger partial charge on any atom is 0.168 e. The molecule has 0 amide bonds. The van der Waals surface area contributed by atoms with Crippen LogP contribution in [0.15, 0.2) is 6.07 Å². The lowest BCUT2D eigenvalue weighted by molar-refractivity contribution is 0.0981. The first kappa shape index (κ1) is 14.4. The van der Waals surface area contributed by atoms with Crippen molar-refractivity contribution in [3.63, 3.8) is 0 Å². The van der Waals surface area contributed by atoms with Gasteiger partial charge >= 0.3 is 0 Å². The molecule has 2 rings (SSSR count). The van der Waals surface area contributed by atoms with E-state index < -0.39 is 0 Å². The molecule has 0 aliphatic heterocycles. The lowest BCUT2D eigenvalue weighted by atomic mass is 9.92. The van der Waals surface area contributed by atoms with Crippen LogP contribution >= 0.6 is 11.6 Å². The minimum Gasteiger partial charge on any atom is -0.494 e. The van der Waals surface area contributed by atoms with E-state index in [9.17, 15) is 4.79 Å². The molecule has 0 heterocycles. The average Bonchev–Trinajstić information content (AvgIpc) is 2.62. The number of rotatable bonds is 4. The summed E-state index contributed by atoms with van der Waals surface area (Å²) in [6.07, 6.45) is 5.71. The molecule has 2 N–H and O–H groups in total. The summed E-state index contributed by atoms with van der Waals surface area (Å²) in [5, 5.41) is 0.531. The highest BCUT2D eigenvalue weighted by Gasteiger charge is 2.23. The molecule has 0 unspecified atom stereocenters. The number of methoxy groups -OCH3 is 1. The highest BCUT2D eigenvalue weighted by atomic mass is 35.5. The predicted octanol–water partition coefficient (Wildman–Crippen LogP) is 3.15. The van der Waals surface area contributed by atoms with Gasteiger partial charge in [-0.2, -0.15) is 0 Å². The fraction of sp³-hybridized carbons (Fsp3) is 0.533. The fourth-order valence-corrected chi connectivity index (χ4v) is 3.08. The zero-order valence-corrected chi connectivity index (χ0v) is 12.1. The summed E-state index contributed by atoms with van der Waals surface area (Å²) in [5.74, 6) is 0.556. The number of ketones is 1. The Hall–Kier alpha value is -1.06. The third-order valence-electron chi connectivity index (χ3n) is 3.66. The van der Waals surface area contributed by atoms with E-state index in [0.29, 0.717) is 29.3 Å². The Labute approximate surface area is 119 Å². The number of ether oxygens (including phenoxy) is 1. The van der Waals surface area contributed by atoms with E-state index in [-0.39, 0.29) is 5.78 Å². The number of hydrogen-bond donors (Lipinski definition) is 1. The number of aryl methyl sites for hydroxylation is 1. The second-order valence-corrected chi connectivity index (χ2v) is 5.33. The topological polar surface area (TPSA) is 52.3 Å². The minimum atomic E-state index is 0.0417. The van der Waals surface area contributed by atoms with Crippen LogP contribution in [0.2, 0.25) is 5.02 Å². The third-order valence-corrected chi connectivity index (χ3v) is 3.94. The van der Waals surface area contributed by atoms with Crippen LogP contribution in [0.3, 0.4) is 0 Å². The SMILES string of the molecule is COc1c(Cl)cc2c(c1C(=O)CCN)CCCCC2. The van der Waals surface area contributed by atoms with E-state index in [1.165, 1.54) is 12.0 Å². The largest absolute Gasteiger partial charge is 0.494 e. The molecule has 0 fully saturated rings. The Morgan fingerprint density at radius 3 is 2.79 bits per heavy atom. The minimum absolute atomic E-state index is 0.0417. The van der Waals surface area contributed by atoms with Gasteiger partial charge in [0.25, 0.3) is 0 Å². The van der Waals surface area contributed by atoms with Crippen LogP contribution < -0.4 is 10.5 Å². The van der Waals surface area contributed by atoms with Gasteiger partial charge in [0, 0.05) is 6.42 Å². The van der Waals surface area contributed by atoms with Crippen LogP contribution in [0.5, 0.6) is 5.75 Å². The number of fused-ring (bicyclic) bond motifs is 1. The molecule has 1 aliphatic carbocycles. The van der Waals surface area contributed by atoms with Crippen LogP contribution in [-0.4, -0.2) is 19.4 Å². The average molecular weight is 282 g/mol. The van der Waals surface area contributed by atoms with Gasteiger partial charge in [0.2, 0.25) is 0 Å². The molecule has 3 nitrogen and oxygen atoms in total. The lowest BCUT2D eigenvalue weighted by Crippen LogP contribution is -2.13. The van der Waals surface area contributed by atoms with Gasteiger partial charge in [0.1, 0.15) is 5.75 Å². The van der Waals surface area contributed by atoms with Crippen molar-refractivity contribution >= 4 is 17.4 Å². The number of hydrogen-bond acceptors (Lipinski definition) is 3. The first-order valence-electron chi connectivity index (χ1n) is 6.80. The monoisotopic (exact) mass is 281 g/mol. The smallest absolute Gasteiger partial charge is 0.168 e. The summed E-state index contributed by atoms with van der Waals surface area (Å²) in [6, 6.07) is 1.96. The van der Waals surface area contributed by atoms with Crippen LogP contribution in [-0.2, 0) is 12.8 Å². The van der Waals surface area contributed by atoms with Crippen molar-refractivity contribution in [2.24, 2.45) is 5.73 Å². The quantitative estimate of drug-likeness (QED) is 0.681. The maximum absolute atomic E-state index is 12.3. The molecule has 0 bridgehead atoms. The number of benzene rings is 1. The van der Waals surface area contributed by atoms with E-state index in [2.05, 4.69) is 0 Å². The molecule has 1 aromatic rings. The van der Waals surface area contributed by atoms with Gasteiger partial charge in [-0.1, -0.05) is 18.0 Å². The Balaban J connectivity index is 2.58. The van der Waals surface area contributed by atoms with Crippen molar-refractivity contribution in [2.75, 3.05) is 13.7 Å². The molecule has 4 heteroatoms. The van der Waals surface area contributed by atoms with Crippen molar-refractivity contribution in [1.82, 2.24) is 0 Å². The normalized spacial score (nSPS) is 14.7. The second-order valence-electron chi connectivity index (χ2n) is 4.93. The summed E-state index contributed by atoms with van der Waals surface area (Å²) in [7, 11) is 1.56. The van der Waals surface area contributed by atoms with Gasteiger partial charge in [0.15, 0.2) is 5.78 Å². The summed E-state index contributed by atoms with van der Waals surface area (Å²) in [6.45, 7) is 0.350. The van der Waals surface area contributed by atoms with Crippen molar-refractivity contribution in [2.45, 2.75) is 38.5 Å².